The van der Waals surface area contributed by atoms with Gasteiger partial charge in [0.1, 0.15) is 7.05 Å². The van der Waals surface area contributed by atoms with Crippen molar-refractivity contribution >= 4 is 5.97 Å². The zero-order chi connectivity index (χ0) is 7.56. The summed E-state index contributed by atoms with van der Waals surface area (Å²) in [6.07, 6.45) is 3.22. The van der Waals surface area contributed by atoms with Crippen molar-refractivity contribution in [3.63, 3.8) is 0 Å². The van der Waals surface area contributed by atoms with Crippen LogP contribution >= 0.6 is 0 Å². The molecular weight excluding hydrogens is 134 g/mol. The summed E-state index contributed by atoms with van der Waals surface area (Å²) in [6.45, 7) is -0.194. The molecule has 0 aromatic carbocycles. The van der Waals surface area contributed by atoms with E-state index in [9.17, 15) is 9.90 Å². The minimum Gasteiger partial charge on any atom is -0.546 e. The third kappa shape index (κ3) is 1.54. The first-order valence-corrected chi connectivity index (χ1v) is 2.77. The zero-order valence-electron chi connectivity index (χ0n) is 5.52. The van der Waals surface area contributed by atoms with Gasteiger partial charge in [0.25, 0.3) is 0 Å². The lowest BCUT2D eigenvalue weighted by atomic mass is 10.7. The van der Waals surface area contributed by atoms with Crippen LogP contribution in [-0.4, -0.2) is 15.9 Å². The van der Waals surface area contributed by atoms with Crippen molar-refractivity contribution in [3.8, 4) is 0 Å². The van der Waals surface area contributed by atoms with Crippen molar-refractivity contribution in [1.82, 2.24) is 9.90 Å². The van der Waals surface area contributed by atoms with Crippen LogP contribution in [-0.2, 0) is 18.4 Å². The first-order chi connectivity index (χ1) is 4.68. The lowest BCUT2D eigenvalue weighted by molar-refractivity contribution is -0.732. The molecule has 54 valence electrons. The third-order valence-corrected chi connectivity index (χ3v) is 1.00. The SMILES string of the molecule is C[n+]1ccn(CC(=O)[O-])n1. The fourth-order valence-electron chi connectivity index (χ4n) is 0.631. The standard InChI is InChI=1S/C5H7N3O2/c1-7-2-3-8(6-7)4-5(9)10/h2-3H,4H2,1H3. The van der Waals surface area contributed by atoms with Crippen LogP contribution in [0, 0.1) is 0 Å². The summed E-state index contributed by atoms with van der Waals surface area (Å²) in [4.78, 5) is 10.00. The molecule has 0 amide bonds. The van der Waals surface area contributed by atoms with E-state index in [0.29, 0.717) is 0 Å². The van der Waals surface area contributed by atoms with E-state index in [0.717, 1.165) is 0 Å². The topological polar surface area (TPSA) is 61.8 Å². The summed E-state index contributed by atoms with van der Waals surface area (Å²) >= 11 is 0. The van der Waals surface area contributed by atoms with E-state index in [1.807, 2.05) is 0 Å². The molecule has 1 rings (SSSR count). The summed E-state index contributed by atoms with van der Waals surface area (Å²) in [5.41, 5.74) is 0. The number of rotatable bonds is 2. The molecule has 0 fully saturated rings. The Kier molecular flexibility index (Phi) is 1.66. The van der Waals surface area contributed by atoms with Crippen LogP contribution in [0.25, 0.3) is 0 Å². The van der Waals surface area contributed by atoms with Crippen LogP contribution in [0.3, 0.4) is 0 Å². The number of carboxylic acid groups (broad SMARTS) is 1. The zero-order valence-corrected chi connectivity index (χ0v) is 5.52. The Balaban J connectivity index is 2.67. The quantitative estimate of drug-likeness (QED) is 0.426. The van der Waals surface area contributed by atoms with Gasteiger partial charge in [-0.3, -0.25) is 0 Å². The van der Waals surface area contributed by atoms with Gasteiger partial charge in [0.15, 0.2) is 18.9 Å². The minimum atomic E-state index is -1.14. The summed E-state index contributed by atoms with van der Waals surface area (Å²) in [5, 5.41) is 13.8. The number of aliphatic carboxylic acids is 1. The fourth-order valence-corrected chi connectivity index (χ4v) is 0.631. The normalized spacial score (nSPS) is 9.70. The monoisotopic (exact) mass is 141 g/mol. The van der Waals surface area contributed by atoms with Gasteiger partial charge in [-0.1, -0.05) is 0 Å². The Labute approximate surface area is 57.5 Å². The van der Waals surface area contributed by atoms with E-state index in [4.69, 9.17) is 0 Å². The van der Waals surface area contributed by atoms with Crippen LogP contribution in [0.1, 0.15) is 0 Å². The van der Waals surface area contributed by atoms with E-state index in [1.165, 1.54) is 9.36 Å². The molecule has 0 bridgehead atoms. The van der Waals surface area contributed by atoms with Crippen molar-refractivity contribution in [2.45, 2.75) is 6.54 Å². The van der Waals surface area contributed by atoms with Gasteiger partial charge in [0, 0.05) is 0 Å². The number of aryl methyl sites for hydroxylation is 1. The van der Waals surface area contributed by atoms with Crippen molar-refractivity contribution in [3.05, 3.63) is 12.4 Å². The molecule has 1 aromatic rings. The van der Waals surface area contributed by atoms with E-state index >= 15 is 0 Å². The molecule has 0 unspecified atom stereocenters. The van der Waals surface area contributed by atoms with Gasteiger partial charge < -0.3 is 9.90 Å². The van der Waals surface area contributed by atoms with Gasteiger partial charge in [0.05, 0.1) is 11.2 Å². The number of carbonyl (C=O) groups is 1. The maximum atomic E-state index is 10.00. The number of hydrogen-bond acceptors (Lipinski definition) is 3. The van der Waals surface area contributed by atoms with Crippen molar-refractivity contribution in [2.24, 2.45) is 7.05 Å². The Morgan fingerprint density at radius 2 is 2.60 bits per heavy atom. The molecule has 0 aliphatic heterocycles. The summed E-state index contributed by atoms with van der Waals surface area (Å²) in [5.74, 6) is -1.14. The smallest absolute Gasteiger partial charge is 0.155 e. The van der Waals surface area contributed by atoms with Crippen LogP contribution in [0.5, 0.6) is 0 Å². The first kappa shape index (κ1) is 6.73. The van der Waals surface area contributed by atoms with Crippen molar-refractivity contribution in [2.75, 3.05) is 0 Å². The van der Waals surface area contributed by atoms with Gasteiger partial charge in [-0.25, -0.2) is 0 Å². The van der Waals surface area contributed by atoms with Crippen LogP contribution in [0.2, 0.25) is 0 Å². The second-order valence-corrected chi connectivity index (χ2v) is 1.93. The molecule has 0 aliphatic rings. The Morgan fingerprint density at radius 1 is 1.90 bits per heavy atom. The molecule has 10 heavy (non-hydrogen) atoms. The summed E-state index contributed by atoms with van der Waals surface area (Å²) < 4.78 is 2.80. The van der Waals surface area contributed by atoms with Crippen molar-refractivity contribution in [1.29, 1.82) is 0 Å². The van der Waals surface area contributed by atoms with Gasteiger partial charge in [-0.2, -0.15) is 0 Å². The molecule has 5 nitrogen and oxygen atoms in total. The Hall–Kier alpha value is -1.39. The molecule has 1 heterocycles. The molecule has 0 spiro atoms. The van der Waals surface area contributed by atoms with Gasteiger partial charge in [-0.15, -0.1) is 9.36 Å². The lowest BCUT2D eigenvalue weighted by Gasteiger charge is -1.92. The van der Waals surface area contributed by atoms with Crippen molar-refractivity contribution < 1.29 is 14.6 Å². The van der Waals surface area contributed by atoms with Gasteiger partial charge in [0.2, 0.25) is 0 Å². The second kappa shape index (κ2) is 2.47. The Bertz CT molecular complexity index is 243. The second-order valence-electron chi connectivity index (χ2n) is 1.93. The van der Waals surface area contributed by atoms with E-state index in [1.54, 1.807) is 19.4 Å². The largest absolute Gasteiger partial charge is 0.546 e. The summed E-state index contributed by atoms with van der Waals surface area (Å²) in [6, 6.07) is 0. The molecule has 0 N–H and O–H groups in total. The maximum Gasteiger partial charge on any atom is 0.155 e. The number of aromatic nitrogens is 3. The number of nitrogens with zero attached hydrogens (tertiary/aromatic N) is 3. The van der Waals surface area contributed by atoms with E-state index < -0.39 is 5.97 Å². The van der Waals surface area contributed by atoms with Gasteiger partial charge >= 0.3 is 0 Å². The lowest BCUT2D eigenvalue weighted by Crippen LogP contribution is -2.33. The summed E-state index contributed by atoms with van der Waals surface area (Å²) in [7, 11) is 1.71. The van der Waals surface area contributed by atoms with Crippen LogP contribution in [0.15, 0.2) is 12.4 Å². The average Bonchev–Trinajstić information content (AvgIpc) is 2.13. The fraction of sp³-hybridized carbons (Fsp3) is 0.400. The maximum absolute atomic E-state index is 10.00. The minimum absolute atomic E-state index is 0.194. The van der Waals surface area contributed by atoms with E-state index in [-0.39, 0.29) is 6.54 Å². The number of carboxylic acids is 1. The Morgan fingerprint density at radius 3 is 3.00 bits per heavy atom. The highest BCUT2D eigenvalue weighted by Gasteiger charge is 1.99. The first-order valence-electron chi connectivity index (χ1n) is 2.77. The predicted molar refractivity (Wildman–Crippen MR) is 28.4 cm³/mol. The van der Waals surface area contributed by atoms with Crippen LogP contribution < -0.4 is 9.79 Å². The average molecular weight is 141 g/mol. The number of carbonyl (C=O) groups excluding carboxylic acids is 1. The molecule has 0 aliphatic carbocycles. The molecule has 5 heteroatoms. The number of hydrogen-bond donors (Lipinski definition) is 0. The molecular formula is C5H7N3O2. The molecule has 0 radical (unpaired) electrons. The molecule has 1 aromatic heterocycles. The van der Waals surface area contributed by atoms with E-state index in [2.05, 4.69) is 5.21 Å². The van der Waals surface area contributed by atoms with Gasteiger partial charge in [-0.05, 0) is 0 Å². The molecule has 0 atom stereocenters. The third-order valence-electron chi connectivity index (χ3n) is 1.00. The predicted octanol–water partition coefficient (Wildman–Crippen LogP) is -2.54. The van der Waals surface area contributed by atoms with Crippen LogP contribution in [0.4, 0.5) is 0 Å². The molecule has 0 saturated heterocycles. The highest BCUT2D eigenvalue weighted by Crippen LogP contribution is 1.75. The highest BCUT2D eigenvalue weighted by atomic mass is 16.4. The highest BCUT2D eigenvalue weighted by molar-refractivity contribution is 5.63. The molecule has 0 saturated carbocycles.